The summed E-state index contributed by atoms with van der Waals surface area (Å²) < 4.78 is 25.8. The second-order valence-corrected chi connectivity index (χ2v) is 13.4. The van der Waals surface area contributed by atoms with Crippen LogP contribution in [0.5, 0.6) is 5.75 Å². The van der Waals surface area contributed by atoms with Gasteiger partial charge in [-0.25, -0.2) is 9.37 Å². The van der Waals surface area contributed by atoms with E-state index in [0.29, 0.717) is 11.3 Å². The number of amides is 3. The largest absolute Gasteiger partial charge is 0.491 e. The smallest absolute Gasteiger partial charge is 0.305 e. The molecule has 12 nitrogen and oxygen atoms in total. The van der Waals surface area contributed by atoms with Crippen LogP contribution >= 0.6 is 11.3 Å². The molecule has 14 heteroatoms. The van der Waals surface area contributed by atoms with E-state index in [0.717, 1.165) is 16.1 Å². The van der Waals surface area contributed by atoms with Gasteiger partial charge in [-0.2, -0.15) is 0 Å². The maximum Gasteiger partial charge on any atom is 0.305 e. The number of likely N-dealkylation sites (tertiary alicyclic amines) is 1. The summed E-state index contributed by atoms with van der Waals surface area (Å²) in [5, 5.41) is 24.6. The summed E-state index contributed by atoms with van der Waals surface area (Å²) in [5.41, 5.74) is 1.37. The van der Waals surface area contributed by atoms with E-state index in [9.17, 15) is 28.7 Å². The summed E-state index contributed by atoms with van der Waals surface area (Å²) >= 11 is 1.48. The lowest BCUT2D eigenvalue weighted by Crippen LogP contribution is -2.59. The molecule has 0 radical (unpaired) electrons. The minimum atomic E-state index is -1.97. The van der Waals surface area contributed by atoms with Gasteiger partial charge < -0.3 is 35.2 Å². The van der Waals surface area contributed by atoms with Crippen LogP contribution in [0.15, 0.2) is 23.7 Å². The molecule has 0 unspecified atom stereocenters. The third kappa shape index (κ3) is 8.76. The van der Waals surface area contributed by atoms with Crippen molar-refractivity contribution in [1.82, 2.24) is 20.5 Å². The van der Waals surface area contributed by atoms with Crippen molar-refractivity contribution in [1.29, 1.82) is 0 Å². The number of aliphatic hydroxyl groups excluding tert-OH is 1. The number of alkyl halides is 1. The topological polar surface area (TPSA) is 167 Å². The summed E-state index contributed by atoms with van der Waals surface area (Å²) in [6.45, 7) is 7.43. The summed E-state index contributed by atoms with van der Waals surface area (Å²) in [5.74, 6) is -2.37. The Hall–Kier alpha value is -3.62. The number of aliphatic carboxylic acids is 1. The number of carbonyl (C=O) groups excluding carboxylic acids is 3. The predicted octanol–water partition coefficient (Wildman–Crippen LogP) is 2.60. The highest BCUT2D eigenvalue weighted by atomic mass is 32.1. The van der Waals surface area contributed by atoms with Gasteiger partial charge in [0.1, 0.15) is 24.4 Å². The fraction of sp³-hybridized carbons (Fsp3) is 0.581. The van der Waals surface area contributed by atoms with Gasteiger partial charge in [-0.1, -0.05) is 32.9 Å². The number of benzene rings is 1. The number of hydrogen-bond donors (Lipinski definition) is 4. The number of rotatable bonds is 14. The minimum absolute atomic E-state index is 0.00998. The summed E-state index contributed by atoms with van der Waals surface area (Å²) in [4.78, 5) is 56.9. The van der Waals surface area contributed by atoms with Crippen LogP contribution in [-0.4, -0.2) is 94.0 Å². The van der Waals surface area contributed by atoms with E-state index < -0.39 is 53.0 Å². The van der Waals surface area contributed by atoms with Gasteiger partial charge in [-0.15, -0.1) is 11.3 Å². The Balaban J connectivity index is 1.46. The molecule has 0 bridgehead atoms. The lowest BCUT2D eigenvalue weighted by atomic mass is 9.85. The molecule has 1 aliphatic heterocycles. The Morgan fingerprint density at radius 1 is 1.20 bits per heavy atom. The Morgan fingerprint density at radius 3 is 2.56 bits per heavy atom. The minimum Gasteiger partial charge on any atom is -0.491 e. The van der Waals surface area contributed by atoms with Gasteiger partial charge in [-0.3, -0.25) is 19.2 Å². The highest BCUT2D eigenvalue weighted by Gasteiger charge is 2.53. The molecule has 1 aromatic carbocycles. The second kappa shape index (κ2) is 14.2. The first-order valence-corrected chi connectivity index (χ1v) is 15.8. The Labute approximate surface area is 265 Å². The van der Waals surface area contributed by atoms with Crippen molar-refractivity contribution in [3.8, 4) is 16.2 Å². The summed E-state index contributed by atoms with van der Waals surface area (Å²) in [7, 11) is 0. The maximum absolute atomic E-state index is 14.4. The number of aromatic nitrogens is 1. The van der Waals surface area contributed by atoms with E-state index in [1.54, 1.807) is 26.3 Å². The molecule has 3 atom stereocenters. The number of nitrogens with zero attached hydrogens (tertiary/aromatic N) is 2. The van der Waals surface area contributed by atoms with Gasteiger partial charge in [0.05, 0.1) is 41.8 Å². The third-order valence-corrected chi connectivity index (χ3v) is 8.80. The molecule has 1 aliphatic carbocycles. The average molecular weight is 649 g/mol. The molecule has 0 spiro atoms. The number of ether oxygens (including phenoxy) is 2. The van der Waals surface area contributed by atoms with Crippen molar-refractivity contribution in [3.05, 3.63) is 35.0 Å². The number of nitrogens with one attached hydrogen (secondary N) is 2. The number of hydrogen-bond acceptors (Lipinski definition) is 9. The van der Waals surface area contributed by atoms with Crippen molar-refractivity contribution >= 4 is 35.0 Å². The molecule has 2 aliphatic rings. The third-order valence-electron chi connectivity index (χ3n) is 7.82. The van der Waals surface area contributed by atoms with E-state index in [1.807, 2.05) is 25.1 Å². The van der Waals surface area contributed by atoms with Crippen LogP contribution in [0.2, 0.25) is 0 Å². The molecule has 45 heavy (non-hydrogen) atoms. The van der Waals surface area contributed by atoms with Gasteiger partial charge in [0.2, 0.25) is 11.8 Å². The van der Waals surface area contributed by atoms with Crippen LogP contribution in [0, 0.1) is 12.3 Å². The second-order valence-electron chi connectivity index (χ2n) is 12.5. The SMILES string of the molecule is Cc1ncsc1-c1ccc(CNC(=O)[C@@H]2C[C@@H](O)CN2C(=O)[C@@H](NC(=O)C2(F)CC2)C(C)(C)C)c(OCCOCCC(=O)O)c1. The van der Waals surface area contributed by atoms with E-state index in [2.05, 4.69) is 15.6 Å². The van der Waals surface area contributed by atoms with Gasteiger partial charge in [-0.05, 0) is 36.8 Å². The van der Waals surface area contributed by atoms with Crippen molar-refractivity contribution in [3.63, 3.8) is 0 Å². The molecule has 3 amide bonds. The van der Waals surface area contributed by atoms with Crippen LogP contribution in [0.4, 0.5) is 4.39 Å². The molecule has 4 N–H and O–H groups in total. The summed E-state index contributed by atoms with van der Waals surface area (Å²) in [6, 6.07) is 3.45. The number of thiazole rings is 1. The van der Waals surface area contributed by atoms with Crippen LogP contribution in [0.3, 0.4) is 0 Å². The number of carbonyl (C=O) groups is 4. The standard InChI is InChI=1S/C31H41FN4O8S/c1-18-25(45-17-34-18)19-5-6-20(23(13-19)44-12-11-43-10-7-24(38)39)15-33-27(40)22-14-21(37)16-36(22)28(41)26(30(2,3)4)35-29(42)31(32)8-9-31/h5-6,13,17,21-22,26,37H,7-12,14-16H2,1-4H3,(H,33,40)(H,35,42)(H,38,39)/t21-,22+,26-/m1/s1. The number of carboxylic acid groups (broad SMARTS) is 1. The van der Waals surface area contributed by atoms with Crippen molar-refractivity contribution < 1.29 is 43.3 Å². The monoisotopic (exact) mass is 648 g/mol. The highest BCUT2D eigenvalue weighted by Crippen LogP contribution is 2.40. The quantitative estimate of drug-likeness (QED) is 0.225. The molecule has 246 valence electrons. The zero-order chi connectivity index (χ0) is 32.9. The van der Waals surface area contributed by atoms with Gasteiger partial charge in [0.25, 0.3) is 5.91 Å². The number of halogens is 1. The molecule has 2 aromatic rings. The van der Waals surface area contributed by atoms with E-state index >= 15 is 0 Å². The lowest BCUT2D eigenvalue weighted by Gasteiger charge is -2.35. The van der Waals surface area contributed by atoms with Crippen LogP contribution in [0.1, 0.15) is 57.7 Å². The Kier molecular flexibility index (Phi) is 10.8. The van der Waals surface area contributed by atoms with Crippen molar-refractivity contribution in [2.75, 3.05) is 26.4 Å². The molecular weight excluding hydrogens is 607 g/mol. The van der Waals surface area contributed by atoms with Crippen LogP contribution < -0.4 is 15.4 Å². The van der Waals surface area contributed by atoms with Crippen LogP contribution in [0.25, 0.3) is 10.4 Å². The number of carboxylic acids is 1. The van der Waals surface area contributed by atoms with Crippen LogP contribution in [-0.2, 0) is 30.5 Å². The van der Waals surface area contributed by atoms with E-state index in [4.69, 9.17) is 14.6 Å². The Bertz CT molecular complexity index is 1410. The van der Waals surface area contributed by atoms with E-state index in [-0.39, 0.29) is 58.6 Å². The highest BCUT2D eigenvalue weighted by molar-refractivity contribution is 7.13. The van der Waals surface area contributed by atoms with Gasteiger partial charge in [0.15, 0.2) is 5.67 Å². The average Bonchev–Trinajstić information content (AvgIpc) is 3.38. The molecule has 1 saturated carbocycles. The number of aliphatic hydroxyl groups is 1. The first kappa shape index (κ1) is 34.3. The molecule has 1 aromatic heterocycles. The zero-order valence-electron chi connectivity index (χ0n) is 25.9. The number of aryl methyl sites for hydroxylation is 1. The lowest BCUT2D eigenvalue weighted by molar-refractivity contribution is -0.145. The molecule has 4 rings (SSSR count). The number of β-amino-alcohol motifs (C(OH)–C–C–N with tert-alkyl or cyclic N) is 1. The molecular formula is C31H41FN4O8S. The van der Waals surface area contributed by atoms with Gasteiger partial charge >= 0.3 is 5.97 Å². The van der Waals surface area contributed by atoms with Crippen molar-refractivity contribution in [2.45, 2.75) is 83.8 Å². The fourth-order valence-electron chi connectivity index (χ4n) is 5.05. The predicted molar refractivity (Wildman–Crippen MR) is 163 cm³/mol. The Morgan fingerprint density at radius 2 is 1.93 bits per heavy atom. The molecule has 2 fully saturated rings. The first-order valence-electron chi connectivity index (χ1n) is 14.9. The van der Waals surface area contributed by atoms with Crippen molar-refractivity contribution in [2.24, 2.45) is 5.41 Å². The van der Waals surface area contributed by atoms with Gasteiger partial charge in [0, 0.05) is 25.1 Å². The zero-order valence-corrected chi connectivity index (χ0v) is 26.7. The summed E-state index contributed by atoms with van der Waals surface area (Å²) in [6.07, 6.45) is -0.849. The molecule has 2 heterocycles. The fourth-order valence-corrected chi connectivity index (χ4v) is 5.85. The normalized spacial score (nSPS) is 19.6. The maximum atomic E-state index is 14.4. The molecule has 1 saturated heterocycles. The van der Waals surface area contributed by atoms with E-state index in [1.165, 1.54) is 16.2 Å². The first-order chi connectivity index (χ1) is 21.2.